The average Bonchev–Trinajstić information content (AvgIpc) is 2.84. The van der Waals surface area contributed by atoms with Crippen molar-refractivity contribution in [3.63, 3.8) is 0 Å². The van der Waals surface area contributed by atoms with Crippen molar-refractivity contribution in [2.45, 2.75) is 20.5 Å². The number of carbonyl (C=O) groups excluding carboxylic acids is 3. The first-order valence-corrected chi connectivity index (χ1v) is 11.9. The zero-order chi connectivity index (χ0) is 25.8. The molecule has 1 aliphatic rings. The van der Waals surface area contributed by atoms with Gasteiger partial charge in [0, 0.05) is 4.47 Å². The lowest BCUT2D eigenvalue weighted by Gasteiger charge is -2.27. The Kier molecular flexibility index (Phi) is 7.49. The molecule has 1 heterocycles. The molecule has 1 saturated heterocycles. The second-order valence-electron chi connectivity index (χ2n) is 7.91. The number of anilines is 1. The minimum absolute atomic E-state index is 0.182. The van der Waals surface area contributed by atoms with Crippen LogP contribution in [0.4, 0.5) is 14.9 Å². The number of benzene rings is 3. The Bertz CT molecular complexity index is 1370. The van der Waals surface area contributed by atoms with Crippen LogP contribution >= 0.6 is 15.9 Å². The summed E-state index contributed by atoms with van der Waals surface area (Å²) in [5.41, 5.74) is 2.13. The van der Waals surface area contributed by atoms with Crippen LogP contribution in [0.3, 0.4) is 0 Å². The molecule has 1 N–H and O–H groups in total. The van der Waals surface area contributed by atoms with Gasteiger partial charge in [-0.2, -0.15) is 0 Å². The molecule has 0 unspecified atom stereocenters. The van der Waals surface area contributed by atoms with E-state index >= 15 is 0 Å². The number of rotatable bonds is 7. The van der Waals surface area contributed by atoms with E-state index in [-0.39, 0.29) is 18.0 Å². The van der Waals surface area contributed by atoms with Gasteiger partial charge in [-0.05, 0) is 66.9 Å². The van der Waals surface area contributed by atoms with Crippen molar-refractivity contribution >= 4 is 45.5 Å². The highest BCUT2D eigenvalue weighted by atomic mass is 79.9. The number of hydrogen-bond donors (Lipinski definition) is 1. The second kappa shape index (κ2) is 10.7. The molecule has 184 valence electrons. The monoisotopic (exact) mass is 552 g/mol. The fourth-order valence-corrected chi connectivity index (χ4v) is 4.07. The molecule has 0 saturated carbocycles. The maximum atomic E-state index is 13.3. The van der Waals surface area contributed by atoms with E-state index in [1.807, 2.05) is 6.92 Å². The van der Waals surface area contributed by atoms with Crippen molar-refractivity contribution in [1.82, 2.24) is 5.32 Å². The lowest BCUT2D eigenvalue weighted by molar-refractivity contribution is -0.122. The number of barbiturate groups is 1. The summed E-state index contributed by atoms with van der Waals surface area (Å²) in [6.07, 6.45) is 1.39. The minimum atomic E-state index is -0.810. The normalized spacial score (nSPS) is 14.7. The molecule has 0 spiro atoms. The van der Waals surface area contributed by atoms with Crippen molar-refractivity contribution in [2.24, 2.45) is 0 Å². The van der Waals surface area contributed by atoms with Gasteiger partial charge < -0.3 is 9.47 Å². The number of carbonyl (C=O) groups is 3. The van der Waals surface area contributed by atoms with Crippen LogP contribution in [0.5, 0.6) is 11.5 Å². The van der Waals surface area contributed by atoms with Crippen LogP contribution in [0.15, 0.2) is 70.7 Å². The topological polar surface area (TPSA) is 84.9 Å². The zero-order valence-electron chi connectivity index (χ0n) is 19.5. The Morgan fingerprint density at radius 3 is 2.39 bits per heavy atom. The number of nitrogens with one attached hydrogen (secondary N) is 1. The molecule has 1 fully saturated rings. The molecule has 4 amide bonds. The molecule has 0 bridgehead atoms. The van der Waals surface area contributed by atoms with E-state index in [4.69, 9.17) is 9.47 Å². The van der Waals surface area contributed by atoms with E-state index < -0.39 is 17.8 Å². The SMILES string of the molecule is CCOc1cc(/C=C2\C(=O)NC(=O)N(c3ccccc3C)C2=O)c(Br)cc1OCc1ccc(F)cc1. The van der Waals surface area contributed by atoms with Crippen molar-refractivity contribution in [3.8, 4) is 11.5 Å². The summed E-state index contributed by atoms with van der Waals surface area (Å²) >= 11 is 3.47. The summed E-state index contributed by atoms with van der Waals surface area (Å²) in [5.74, 6) is -1.05. The maximum Gasteiger partial charge on any atom is 0.335 e. The van der Waals surface area contributed by atoms with Crippen LogP contribution in [0.25, 0.3) is 6.08 Å². The number of ether oxygens (including phenoxy) is 2. The third kappa shape index (κ3) is 5.31. The van der Waals surface area contributed by atoms with Crippen LogP contribution < -0.4 is 19.7 Å². The van der Waals surface area contributed by atoms with E-state index in [2.05, 4.69) is 21.2 Å². The lowest BCUT2D eigenvalue weighted by atomic mass is 10.1. The molecule has 7 nitrogen and oxygen atoms in total. The molecule has 4 rings (SSSR count). The number of urea groups is 1. The highest BCUT2D eigenvalue weighted by Gasteiger charge is 2.37. The molecule has 0 aromatic heterocycles. The Hall–Kier alpha value is -3.98. The summed E-state index contributed by atoms with van der Waals surface area (Å²) in [6, 6.07) is 15.3. The van der Waals surface area contributed by atoms with Gasteiger partial charge in [0.05, 0.1) is 12.3 Å². The summed E-state index contributed by atoms with van der Waals surface area (Å²) in [7, 11) is 0. The van der Waals surface area contributed by atoms with Crippen LogP contribution in [0, 0.1) is 12.7 Å². The van der Waals surface area contributed by atoms with E-state index in [0.717, 1.165) is 10.5 Å². The third-order valence-electron chi connectivity index (χ3n) is 5.43. The highest BCUT2D eigenvalue weighted by molar-refractivity contribution is 9.10. The van der Waals surface area contributed by atoms with Gasteiger partial charge in [0.15, 0.2) is 11.5 Å². The molecule has 0 atom stereocenters. The van der Waals surface area contributed by atoms with Gasteiger partial charge in [0.1, 0.15) is 18.0 Å². The number of hydrogen-bond acceptors (Lipinski definition) is 5. The molecule has 36 heavy (non-hydrogen) atoms. The van der Waals surface area contributed by atoms with Crippen molar-refractivity contribution in [3.05, 3.63) is 93.2 Å². The Morgan fingerprint density at radius 2 is 1.69 bits per heavy atom. The van der Waals surface area contributed by atoms with Gasteiger partial charge in [0.2, 0.25) is 0 Å². The first-order valence-electron chi connectivity index (χ1n) is 11.1. The zero-order valence-corrected chi connectivity index (χ0v) is 21.1. The smallest absolute Gasteiger partial charge is 0.335 e. The summed E-state index contributed by atoms with van der Waals surface area (Å²) in [4.78, 5) is 39.3. The molecule has 9 heteroatoms. The number of imide groups is 2. The van der Waals surface area contributed by atoms with Crippen LogP contribution in [0.2, 0.25) is 0 Å². The van der Waals surface area contributed by atoms with Crippen molar-refractivity contribution in [1.29, 1.82) is 0 Å². The van der Waals surface area contributed by atoms with Gasteiger partial charge in [0.25, 0.3) is 11.8 Å². The fourth-order valence-electron chi connectivity index (χ4n) is 3.63. The standard InChI is InChI=1S/C27H22BrFN2O5/c1-3-35-23-13-18(21(28)14-24(23)36-15-17-8-10-19(29)11-9-17)12-20-25(32)30-27(34)31(26(20)33)22-7-5-4-6-16(22)2/h4-14H,3,15H2,1-2H3,(H,30,32,34)/b20-12+. The number of amides is 4. The number of halogens is 2. The molecule has 1 aliphatic heterocycles. The van der Waals surface area contributed by atoms with Gasteiger partial charge >= 0.3 is 6.03 Å². The van der Waals surface area contributed by atoms with Gasteiger partial charge in [-0.1, -0.05) is 46.3 Å². The van der Waals surface area contributed by atoms with Crippen molar-refractivity contribution in [2.75, 3.05) is 11.5 Å². The fraction of sp³-hybridized carbons (Fsp3) is 0.148. The molecule has 3 aromatic carbocycles. The molecule has 0 radical (unpaired) electrons. The predicted molar refractivity (Wildman–Crippen MR) is 136 cm³/mol. The van der Waals surface area contributed by atoms with Crippen molar-refractivity contribution < 1.29 is 28.2 Å². The number of nitrogens with zero attached hydrogens (tertiary/aromatic N) is 1. The maximum absolute atomic E-state index is 13.3. The summed E-state index contributed by atoms with van der Waals surface area (Å²) in [6.45, 7) is 4.11. The van der Waals surface area contributed by atoms with E-state index in [1.54, 1.807) is 55.5 Å². The van der Waals surface area contributed by atoms with E-state index in [0.29, 0.717) is 39.4 Å². The quantitative estimate of drug-likeness (QED) is 0.307. The number of aryl methyl sites for hydroxylation is 1. The van der Waals surface area contributed by atoms with Gasteiger partial charge in [-0.25, -0.2) is 14.1 Å². The van der Waals surface area contributed by atoms with E-state index in [9.17, 15) is 18.8 Å². The Morgan fingerprint density at radius 1 is 1.00 bits per heavy atom. The van der Waals surface area contributed by atoms with Crippen LogP contribution in [0.1, 0.15) is 23.6 Å². The lowest BCUT2D eigenvalue weighted by Crippen LogP contribution is -2.54. The largest absolute Gasteiger partial charge is 0.490 e. The van der Waals surface area contributed by atoms with Gasteiger partial charge in [-0.3, -0.25) is 14.9 Å². The second-order valence-corrected chi connectivity index (χ2v) is 8.77. The van der Waals surface area contributed by atoms with E-state index in [1.165, 1.54) is 18.2 Å². The predicted octanol–water partition coefficient (Wildman–Crippen LogP) is 5.54. The first kappa shape index (κ1) is 25.1. The van der Waals surface area contributed by atoms with Crippen LogP contribution in [-0.2, 0) is 16.2 Å². The molecule has 0 aliphatic carbocycles. The Balaban J connectivity index is 1.67. The number of para-hydroxylation sites is 1. The highest BCUT2D eigenvalue weighted by Crippen LogP contribution is 2.36. The average molecular weight is 553 g/mol. The third-order valence-corrected chi connectivity index (χ3v) is 6.12. The molecule has 3 aromatic rings. The molecular weight excluding hydrogens is 531 g/mol. The first-order chi connectivity index (χ1) is 17.3. The Labute approximate surface area is 215 Å². The summed E-state index contributed by atoms with van der Waals surface area (Å²) in [5, 5.41) is 2.23. The minimum Gasteiger partial charge on any atom is -0.490 e. The van der Waals surface area contributed by atoms with Gasteiger partial charge in [-0.15, -0.1) is 0 Å². The molecular formula is C27H22BrFN2O5. The van der Waals surface area contributed by atoms with Crippen LogP contribution in [-0.4, -0.2) is 24.5 Å². The summed E-state index contributed by atoms with van der Waals surface area (Å²) < 4.78 is 25.3.